The molecule has 1 N–H and O–H groups in total. The van der Waals surface area contributed by atoms with E-state index in [-0.39, 0.29) is 0 Å². The topological polar surface area (TPSA) is 21.3 Å². The summed E-state index contributed by atoms with van der Waals surface area (Å²) in [6.45, 7) is 5.47. The number of ether oxygens (including phenoxy) is 1. The molecule has 96 valence electrons. The molecule has 2 heteroatoms. The van der Waals surface area contributed by atoms with E-state index in [2.05, 4.69) is 19.2 Å². The smallest absolute Gasteiger partial charge is 0.0479 e. The van der Waals surface area contributed by atoms with Gasteiger partial charge >= 0.3 is 0 Å². The highest BCUT2D eigenvalue weighted by Gasteiger charge is 2.34. The Morgan fingerprint density at radius 3 is 2.44 bits per heavy atom. The van der Waals surface area contributed by atoms with Gasteiger partial charge in [-0.25, -0.2) is 0 Å². The van der Waals surface area contributed by atoms with Crippen molar-refractivity contribution in [1.82, 2.24) is 5.32 Å². The zero-order valence-electron chi connectivity index (χ0n) is 11.3. The van der Waals surface area contributed by atoms with E-state index in [4.69, 9.17) is 4.74 Å². The molecule has 1 fully saturated rings. The van der Waals surface area contributed by atoms with Crippen molar-refractivity contribution in [3.63, 3.8) is 0 Å². The summed E-state index contributed by atoms with van der Waals surface area (Å²) in [5.41, 5.74) is 0.395. The molecule has 0 aromatic carbocycles. The van der Waals surface area contributed by atoms with Crippen LogP contribution in [0.3, 0.4) is 0 Å². The Morgan fingerprint density at radius 1 is 1.25 bits per heavy atom. The maximum absolute atomic E-state index is 5.26. The van der Waals surface area contributed by atoms with Gasteiger partial charge in [-0.3, -0.25) is 0 Å². The van der Waals surface area contributed by atoms with Crippen LogP contribution in [0.15, 0.2) is 0 Å². The minimum atomic E-state index is 0.395. The lowest BCUT2D eigenvalue weighted by molar-refractivity contribution is 0.146. The molecule has 0 bridgehead atoms. The third-order valence-electron chi connectivity index (χ3n) is 3.99. The van der Waals surface area contributed by atoms with E-state index in [1.165, 1.54) is 51.4 Å². The number of methoxy groups -OCH3 is 1. The first-order valence-corrected chi connectivity index (χ1v) is 7.03. The van der Waals surface area contributed by atoms with Gasteiger partial charge in [0.15, 0.2) is 0 Å². The van der Waals surface area contributed by atoms with E-state index in [0.29, 0.717) is 11.6 Å². The zero-order chi connectivity index (χ0) is 11.9. The summed E-state index contributed by atoms with van der Waals surface area (Å²) in [4.78, 5) is 0. The lowest BCUT2D eigenvalue weighted by Crippen LogP contribution is -2.49. The predicted octanol–water partition coefficient (Wildman–Crippen LogP) is 3.50. The Labute approximate surface area is 101 Å². The Hall–Kier alpha value is -0.0800. The molecule has 0 aromatic rings. The van der Waals surface area contributed by atoms with Crippen molar-refractivity contribution < 1.29 is 4.74 Å². The summed E-state index contributed by atoms with van der Waals surface area (Å²) in [6.07, 6.45) is 10.5. The first kappa shape index (κ1) is 14.0. The monoisotopic (exact) mass is 227 g/mol. The van der Waals surface area contributed by atoms with Crippen molar-refractivity contribution in [2.24, 2.45) is 0 Å². The molecule has 0 radical (unpaired) electrons. The van der Waals surface area contributed by atoms with Gasteiger partial charge in [-0.05, 0) is 32.1 Å². The van der Waals surface area contributed by atoms with Crippen molar-refractivity contribution in [2.75, 3.05) is 13.7 Å². The third kappa shape index (κ3) is 4.06. The maximum Gasteiger partial charge on any atom is 0.0479 e. The minimum absolute atomic E-state index is 0.395. The average Bonchev–Trinajstić information content (AvgIpc) is 2.75. The number of rotatable bonds is 8. The van der Waals surface area contributed by atoms with Gasteiger partial charge in [0.05, 0.1) is 0 Å². The van der Waals surface area contributed by atoms with Crippen molar-refractivity contribution in [3.05, 3.63) is 0 Å². The highest BCUT2D eigenvalue weighted by Crippen LogP contribution is 2.33. The van der Waals surface area contributed by atoms with Crippen LogP contribution in [-0.2, 0) is 4.74 Å². The third-order valence-corrected chi connectivity index (χ3v) is 3.99. The molecular formula is C14H29NO. The van der Waals surface area contributed by atoms with E-state index in [1.54, 1.807) is 0 Å². The largest absolute Gasteiger partial charge is 0.385 e. The summed E-state index contributed by atoms with van der Waals surface area (Å²) >= 11 is 0. The molecule has 1 saturated carbocycles. The van der Waals surface area contributed by atoms with Gasteiger partial charge in [-0.1, -0.05) is 33.1 Å². The normalized spacial score (nSPS) is 21.2. The summed E-state index contributed by atoms with van der Waals surface area (Å²) in [7, 11) is 1.81. The molecule has 1 rings (SSSR count). The predicted molar refractivity (Wildman–Crippen MR) is 69.8 cm³/mol. The van der Waals surface area contributed by atoms with E-state index >= 15 is 0 Å². The fraction of sp³-hybridized carbons (Fsp3) is 1.00. The van der Waals surface area contributed by atoms with Gasteiger partial charge in [0.25, 0.3) is 0 Å². The van der Waals surface area contributed by atoms with Crippen molar-refractivity contribution in [1.29, 1.82) is 0 Å². The Bertz CT molecular complexity index is 176. The first-order valence-electron chi connectivity index (χ1n) is 7.03. The molecule has 0 aliphatic heterocycles. The Balaban J connectivity index is 2.48. The summed E-state index contributed by atoms with van der Waals surface area (Å²) in [5, 5.41) is 3.93. The van der Waals surface area contributed by atoms with Gasteiger partial charge in [-0.2, -0.15) is 0 Å². The fourth-order valence-corrected chi connectivity index (χ4v) is 2.98. The second-order valence-electron chi connectivity index (χ2n) is 5.27. The molecule has 16 heavy (non-hydrogen) atoms. The van der Waals surface area contributed by atoms with Crippen molar-refractivity contribution in [3.8, 4) is 0 Å². The summed E-state index contributed by atoms with van der Waals surface area (Å²) in [6, 6.07) is 0.708. The molecule has 1 aliphatic rings. The molecule has 1 unspecified atom stereocenters. The second-order valence-corrected chi connectivity index (χ2v) is 5.27. The lowest BCUT2D eigenvalue weighted by Gasteiger charge is -2.35. The first-order chi connectivity index (χ1) is 7.76. The zero-order valence-corrected chi connectivity index (χ0v) is 11.3. The van der Waals surface area contributed by atoms with Crippen LogP contribution >= 0.6 is 0 Å². The van der Waals surface area contributed by atoms with Gasteiger partial charge in [-0.15, -0.1) is 0 Å². The van der Waals surface area contributed by atoms with Crippen LogP contribution in [-0.4, -0.2) is 25.3 Å². The molecule has 0 saturated heterocycles. The minimum Gasteiger partial charge on any atom is -0.385 e. The fourth-order valence-electron chi connectivity index (χ4n) is 2.98. The molecule has 0 spiro atoms. The van der Waals surface area contributed by atoms with Crippen LogP contribution in [0.2, 0.25) is 0 Å². The molecule has 1 atom stereocenters. The SMILES string of the molecule is CCCC(CC)NC1(CCOC)CCCC1. The quantitative estimate of drug-likeness (QED) is 0.685. The maximum atomic E-state index is 5.26. The summed E-state index contributed by atoms with van der Waals surface area (Å²) < 4.78 is 5.26. The van der Waals surface area contributed by atoms with Crippen molar-refractivity contribution in [2.45, 2.75) is 76.8 Å². The van der Waals surface area contributed by atoms with E-state index < -0.39 is 0 Å². The van der Waals surface area contributed by atoms with E-state index in [1.807, 2.05) is 7.11 Å². The van der Waals surface area contributed by atoms with Gasteiger partial charge in [0.2, 0.25) is 0 Å². The van der Waals surface area contributed by atoms with Gasteiger partial charge < -0.3 is 10.1 Å². The molecule has 1 aliphatic carbocycles. The van der Waals surface area contributed by atoms with E-state index in [0.717, 1.165) is 6.61 Å². The molecule has 0 heterocycles. The van der Waals surface area contributed by atoms with Crippen LogP contribution in [0.25, 0.3) is 0 Å². The van der Waals surface area contributed by atoms with Gasteiger partial charge in [0, 0.05) is 25.3 Å². The Morgan fingerprint density at radius 2 is 1.94 bits per heavy atom. The molecular weight excluding hydrogens is 198 g/mol. The second kappa shape index (κ2) is 7.29. The van der Waals surface area contributed by atoms with Crippen LogP contribution in [0.4, 0.5) is 0 Å². The van der Waals surface area contributed by atoms with Crippen LogP contribution in [0, 0.1) is 0 Å². The van der Waals surface area contributed by atoms with Crippen LogP contribution in [0.1, 0.15) is 65.2 Å². The average molecular weight is 227 g/mol. The van der Waals surface area contributed by atoms with E-state index in [9.17, 15) is 0 Å². The standard InChI is InChI=1S/C14H29NO/c1-4-8-13(5-2)15-14(11-12-16-3)9-6-7-10-14/h13,15H,4-12H2,1-3H3. The number of hydrogen-bond acceptors (Lipinski definition) is 2. The number of nitrogens with one attached hydrogen (secondary N) is 1. The number of hydrogen-bond donors (Lipinski definition) is 1. The Kier molecular flexibility index (Phi) is 6.37. The van der Waals surface area contributed by atoms with Crippen LogP contribution in [0.5, 0.6) is 0 Å². The highest BCUT2D eigenvalue weighted by molar-refractivity contribution is 4.94. The highest BCUT2D eigenvalue weighted by atomic mass is 16.5. The molecule has 2 nitrogen and oxygen atoms in total. The van der Waals surface area contributed by atoms with Gasteiger partial charge in [0.1, 0.15) is 0 Å². The van der Waals surface area contributed by atoms with Crippen LogP contribution < -0.4 is 5.32 Å². The lowest BCUT2D eigenvalue weighted by atomic mass is 9.91. The van der Waals surface area contributed by atoms with Crippen molar-refractivity contribution >= 4 is 0 Å². The summed E-state index contributed by atoms with van der Waals surface area (Å²) in [5.74, 6) is 0. The molecule has 0 amide bonds. The molecule has 0 aromatic heterocycles.